The van der Waals surface area contributed by atoms with Crippen molar-refractivity contribution in [2.24, 2.45) is 0 Å². The van der Waals surface area contributed by atoms with Crippen molar-refractivity contribution in [1.29, 1.82) is 0 Å². The molecule has 0 aliphatic heterocycles. The molecule has 6 unspecified atom stereocenters. The van der Waals surface area contributed by atoms with Gasteiger partial charge in [-0.2, -0.15) is 0 Å². The summed E-state index contributed by atoms with van der Waals surface area (Å²) in [6.07, 6.45) is 36.2. The molecule has 396 valence electrons. The predicted octanol–water partition coefficient (Wildman–Crippen LogP) is 8.47. The first kappa shape index (κ1) is 64.4. The van der Waals surface area contributed by atoms with Crippen molar-refractivity contribution in [3.63, 3.8) is 0 Å². The molecule has 8 N–H and O–H groups in total. The second-order valence-corrected chi connectivity index (χ2v) is 18.9. The van der Waals surface area contributed by atoms with Gasteiger partial charge in [0.05, 0.1) is 12.7 Å². The highest BCUT2D eigenvalue weighted by atomic mass is 31.2. The van der Waals surface area contributed by atoms with E-state index in [1.807, 2.05) is 30.4 Å². The lowest BCUT2D eigenvalue weighted by Gasteiger charge is -2.43. The minimum atomic E-state index is -5.40. The molecule has 1 fully saturated rings. The SMILES string of the molecule is CC/C=C\C/C=C\C/C=C\C/C=C\C/C=C\C=C/C(O)CCC(=O)OC[C@H](COP(=O)(O)O[C@H]1C(O)C(O)C(O)[C@@H](OP(=O)(O)O)C1O)OC(=O)CCC/C=C\C/C=C\C/C=C\C/C=C\CCCCC. The average molecular weight is 1030 g/mol. The van der Waals surface area contributed by atoms with Gasteiger partial charge in [0.25, 0.3) is 0 Å². The number of aliphatic hydroxyl groups excluding tert-OH is 5. The van der Waals surface area contributed by atoms with Crippen molar-refractivity contribution in [3.05, 3.63) is 122 Å². The van der Waals surface area contributed by atoms with Crippen molar-refractivity contribution in [3.8, 4) is 0 Å². The first-order chi connectivity index (χ1) is 33.5. The zero-order valence-electron chi connectivity index (χ0n) is 40.7. The fraction of sp³-hybridized carbons (Fsp3) is 0.569. The van der Waals surface area contributed by atoms with E-state index in [9.17, 15) is 58.9 Å². The third-order valence-corrected chi connectivity index (χ3v) is 11.6. The fourth-order valence-corrected chi connectivity index (χ4v) is 7.90. The standard InChI is InChI=1S/C51H80O17P2/c1-3-5-7-9-11-13-15-17-19-21-23-25-27-29-31-33-35-37-45(54)66-43(41-65-70(62,63)68-51-48(57)46(55)47(56)50(49(51)58)67-69(59,60)61)40-64-44(53)39-38-42(52)36-34-32-30-28-26-24-22-20-18-16-14-12-10-8-6-4-2/h6,8,11-14,17-20,23-26,29-32,34,36,42-43,46-52,55-58H,3-5,7,9-10,15-16,21-22,27-28,33,35,37-41H2,1-2H3,(H,62,63)(H2,59,60,61)/b8-6-,13-11-,14-12-,19-17-,20-18-,25-23-,26-24-,31-29-,32-30-,36-34-/t42?,43-,46?,47?,48?,49?,50-,51+/m1/s1. The van der Waals surface area contributed by atoms with Gasteiger partial charge in [0.2, 0.25) is 0 Å². The van der Waals surface area contributed by atoms with Crippen LogP contribution in [0.1, 0.15) is 123 Å². The van der Waals surface area contributed by atoms with E-state index in [1.54, 1.807) is 12.2 Å². The number of hydrogen-bond acceptors (Lipinski definition) is 14. The molecule has 0 bridgehead atoms. The molecular formula is C51H80O17P2. The highest BCUT2D eigenvalue weighted by Crippen LogP contribution is 2.49. The summed E-state index contributed by atoms with van der Waals surface area (Å²) in [5, 5.41) is 51.6. The Hall–Kier alpha value is -3.64. The van der Waals surface area contributed by atoms with Crippen LogP contribution in [-0.2, 0) is 41.8 Å². The van der Waals surface area contributed by atoms with E-state index in [2.05, 4.69) is 91.3 Å². The molecule has 0 aromatic carbocycles. The highest BCUT2D eigenvalue weighted by molar-refractivity contribution is 7.47. The number of hydrogen-bond donors (Lipinski definition) is 8. The van der Waals surface area contributed by atoms with Gasteiger partial charge in [-0.15, -0.1) is 0 Å². The maximum absolute atomic E-state index is 13.0. The van der Waals surface area contributed by atoms with Crippen LogP contribution < -0.4 is 0 Å². The summed E-state index contributed by atoms with van der Waals surface area (Å²) in [4.78, 5) is 54.3. The molecule has 0 aromatic heterocycles. The minimum absolute atomic E-state index is 0.0164. The number of unbranched alkanes of at least 4 members (excludes halogenated alkanes) is 4. The van der Waals surface area contributed by atoms with Crippen molar-refractivity contribution >= 4 is 27.6 Å². The Balaban J connectivity index is 2.73. The molecule has 0 aromatic rings. The third kappa shape index (κ3) is 33.9. The highest BCUT2D eigenvalue weighted by Gasteiger charge is 2.54. The van der Waals surface area contributed by atoms with Crippen molar-refractivity contribution in [2.75, 3.05) is 13.2 Å². The van der Waals surface area contributed by atoms with E-state index in [0.717, 1.165) is 44.9 Å². The molecule has 1 saturated carbocycles. The second-order valence-electron chi connectivity index (χ2n) is 16.3. The van der Waals surface area contributed by atoms with E-state index in [4.69, 9.17) is 18.5 Å². The molecule has 0 saturated heterocycles. The van der Waals surface area contributed by atoms with Crippen LogP contribution in [-0.4, -0.2) is 114 Å². The lowest BCUT2D eigenvalue weighted by atomic mass is 9.85. The van der Waals surface area contributed by atoms with Crippen molar-refractivity contribution < 1.29 is 82.0 Å². The number of aliphatic hydroxyl groups is 5. The molecule has 0 heterocycles. The van der Waals surface area contributed by atoms with Crippen molar-refractivity contribution in [1.82, 2.24) is 0 Å². The molecule has 0 radical (unpaired) electrons. The van der Waals surface area contributed by atoms with Gasteiger partial charge in [-0.1, -0.05) is 148 Å². The van der Waals surface area contributed by atoms with Crippen LogP contribution in [0.5, 0.6) is 0 Å². The summed E-state index contributed by atoms with van der Waals surface area (Å²) in [6.45, 7) is 2.70. The van der Waals surface area contributed by atoms with Gasteiger partial charge < -0.3 is 49.7 Å². The molecule has 9 atom stereocenters. The molecular weight excluding hydrogens is 946 g/mol. The Morgan fingerprint density at radius 2 is 1.03 bits per heavy atom. The van der Waals surface area contributed by atoms with Gasteiger partial charge in [0.1, 0.15) is 43.2 Å². The topological polar surface area (TPSA) is 276 Å². The number of ether oxygens (including phenoxy) is 2. The first-order valence-electron chi connectivity index (χ1n) is 24.2. The third-order valence-electron chi connectivity index (χ3n) is 10.1. The number of esters is 2. The summed E-state index contributed by atoms with van der Waals surface area (Å²) in [6, 6.07) is 0. The summed E-state index contributed by atoms with van der Waals surface area (Å²) < 4.78 is 49.1. The number of phosphoric acid groups is 2. The Morgan fingerprint density at radius 1 is 0.543 bits per heavy atom. The van der Waals surface area contributed by atoms with Crippen LogP contribution >= 0.6 is 15.6 Å². The fourth-order valence-electron chi connectivity index (χ4n) is 6.36. The van der Waals surface area contributed by atoms with Gasteiger partial charge in [-0.25, -0.2) is 9.13 Å². The first-order valence-corrected chi connectivity index (χ1v) is 27.2. The average Bonchev–Trinajstić information content (AvgIpc) is 3.31. The monoisotopic (exact) mass is 1030 g/mol. The van der Waals surface area contributed by atoms with E-state index in [0.29, 0.717) is 25.7 Å². The van der Waals surface area contributed by atoms with E-state index in [1.165, 1.54) is 25.3 Å². The number of rotatable bonds is 38. The summed E-state index contributed by atoms with van der Waals surface area (Å²) >= 11 is 0. The second kappa shape index (κ2) is 39.9. The quantitative estimate of drug-likeness (QED) is 0.00946. The number of carbonyl (C=O) groups excluding carboxylic acids is 2. The molecule has 17 nitrogen and oxygen atoms in total. The van der Waals surface area contributed by atoms with Gasteiger partial charge >= 0.3 is 27.6 Å². The number of carbonyl (C=O) groups is 2. The molecule has 70 heavy (non-hydrogen) atoms. The van der Waals surface area contributed by atoms with Crippen LogP contribution in [0.2, 0.25) is 0 Å². The Morgan fingerprint density at radius 3 is 1.54 bits per heavy atom. The van der Waals surface area contributed by atoms with Crippen molar-refractivity contribution in [2.45, 2.75) is 172 Å². The zero-order valence-corrected chi connectivity index (χ0v) is 42.5. The van der Waals surface area contributed by atoms with Gasteiger partial charge in [0, 0.05) is 12.8 Å². The summed E-state index contributed by atoms with van der Waals surface area (Å²) in [5.74, 6) is -1.57. The number of phosphoric ester groups is 2. The van der Waals surface area contributed by atoms with Gasteiger partial charge in [-0.05, 0) is 83.5 Å². The molecule has 0 spiro atoms. The van der Waals surface area contributed by atoms with Crippen LogP contribution in [0.25, 0.3) is 0 Å². The van der Waals surface area contributed by atoms with E-state index in [-0.39, 0.29) is 19.3 Å². The molecule has 1 aliphatic rings. The molecule has 1 rings (SSSR count). The van der Waals surface area contributed by atoms with E-state index < -0.39 is 89.6 Å². The van der Waals surface area contributed by atoms with Crippen LogP contribution in [0, 0.1) is 0 Å². The zero-order chi connectivity index (χ0) is 51.9. The Bertz CT molecular complexity index is 1830. The lowest BCUT2D eigenvalue weighted by molar-refractivity contribution is -0.216. The minimum Gasteiger partial charge on any atom is -0.462 e. The Labute approximate surface area is 414 Å². The summed E-state index contributed by atoms with van der Waals surface area (Å²) in [7, 11) is -10.8. The number of allylic oxidation sites excluding steroid dienone is 19. The van der Waals surface area contributed by atoms with Gasteiger partial charge in [0.15, 0.2) is 6.10 Å². The van der Waals surface area contributed by atoms with Crippen LogP contribution in [0.3, 0.4) is 0 Å². The molecule has 0 amide bonds. The van der Waals surface area contributed by atoms with Gasteiger partial charge in [-0.3, -0.25) is 23.2 Å². The maximum atomic E-state index is 13.0. The van der Waals surface area contributed by atoms with E-state index >= 15 is 0 Å². The maximum Gasteiger partial charge on any atom is 0.472 e. The molecule has 19 heteroatoms. The summed E-state index contributed by atoms with van der Waals surface area (Å²) in [5.41, 5.74) is 0. The van der Waals surface area contributed by atoms with Crippen LogP contribution in [0.15, 0.2) is 122 Å². The lowest BCUT2D eigenvalue weighted by Crippen LogP contribution is -2.64. The van der Waals surface area contributed by atoms with Crippen LogP contribution in [0.4, 0.5) is 0 Å². The largest absolute Gasteiger partial charge is 0.472 e. The Kier molecular flexibility index (Phi) is 36.7. The smallest absolute Gasteiger partial charge is 0.462 e. The predicted molar refractivity (Wildman–Crippen MR) is 270 cm³/mol. The molecule has 1 aliphatic carbocycles. The normalized spacial score (nSPS) is 22.5.